The molecule has 0 aliphatic heterocycles. The van der Waals surface area contributed by atoms with Gasteiger partial charge in [0, 0.05) is 25.2 Å². The van der Waals surface area contributed by atoms with Crippen molar-refractivity contribution < 1.29 is 9.59 Å². The molecule has 0 radical (unpaired) electrons. The van der Waals surface area contributed by atoms with E-state index in [-0.39, 0.29) is 11.6 Å². The Morgan fingerprint density at radius 3 is 1.31 bits per heavy atom. The molecular weight excluding hydrogens is 324 g/mol. The van der Waals surface area contributed by atoms with Crippen molar-refractivity contribution in [1.29, 1.82) is 0 Å². The molecule has 4 nitrogen and oxygen atoms in total. The normalized spacial score (nSPS) is 14.2. The maximum Gasteiger partial charge on any atom is 0.203 e. The molecule has 0 amide bonds. The zero-order valence-corrected chi connectivity index (χ0v) is 16.9. The van der Waals surface area contributed by atoms with Gasteiger partial charge in [-0.25, -0.2) is 0 Å². The van der Waals surface area contributed by atoms with Crippen LogP contribution in [0.25, 0.3) is 0 Å². The van der Waals surface area contributed by atoms with Crippen LogP contribution in [0, 0.1) is 0 Å². The fraction of sp³-hybridized carbons (Fsp3) is 0.727. The Labute approximate surface area is 159 Å². The summed E-state index contributed by atoms with van der Waals surface area (Å²) in [4.78, 5) is 24.3. The van der Waals surface area contributed by atoms with Gasteiger partial charge in [-0.2, -0.15) is 0 Å². The van der Waals surface area contributed by atoms with Crippen LogP contribution >= 0.6 is 0 Å². The van der Waals surface area contributed by atoms with Gasteiger partial charge in [0.05, 0.1) is 11.4 Å². The van der Waals surface area contributed by atoms with Crippen molar-refractivity contribution in [2.45, 2.75) is 90.9 Å². The van der Waals surface area contributed by atoms with Crippen LogP contribution in [0.2, 0.25) is 0 Å². The summed E-state index contributed by atoms with van der Waals surface area (Å²) in [5.41, 5.74) is 0.877. The van der Waals surface area contributed by atoms with Gasteiger partial charge < -0.3 is 10.6 Å². The van der Waals surface area contributed by atoms with E-state index >= 15 is 0 Å². The minimum absolute atomic E-state index is 0.0963. The van der Waals surface area contributed by atoms with Crippen LogP contribution in [-0.2, 0) is 9.59 Å². The van der Waals surface area contributed by atoms with Crippen LogP contribution in [0.3, 0.4) is 0 Å². The Morgan fingerprint density at radius 1 is 0.577 bits per heavy atom. The highest BCUT2D eigenvalue weighted by atomic mass is 16.1. The number of nitrogens with one attached hydrogen (secondary N) is 2. The minimum Gasteiger partial charge on any atom is -0.382 e. The third-order valence-electron chi connectivity index (χ3n) is 4.77. The highest BCUT2D eigenvalue weighted by Gasteiger charge is 2.19. The van der Waals surface area contributed by atoms with Gasteiger partial charge in [-0.05, 0) is 12.8 Å². The minimum atomic E-state index is -0.0963. The summed E-state index contributed by atoms with van der Waals surface area (Å²) in [6, 6.07) is 0. The van der Waals surface area contributed by atoms with E-state index in [4.69, 9.17) is 0 Å². The molecule has 1 aliphatic carbocycles. The van der Waals surface area contributed by atoms with Crippen molar-refractivity contribution in [2.24, 2.45) is 0 Å². The van der Waals surface area contributed by atoms with Crippen LogP contribution in [0.5, 0.6) is 0 Å². The second-order valence-corrected chi connectivity index (χ2v) is 7.23. The molecule has 0 aromatic carbocycles. The number of rotatable bonds is 16. The molecular formula is C22H38N2O2. The van der Waals surface area contributed by atoms with E-state index in [1.807, 2.05) is 0 Å². The van der Waals surface area contributed by atoms with E-state index in [0.29, 0.717) is 11.4 Å². The van der Waals surface area contributed by atoms with Crippen molar-refractivity contribution in [1.82, 2.24) is 10.6 Å². The number of unbranched alkanes of at least 4 members (excludes halogenated alkanes) is 10. The molecule has 1 rings (SSSR count). The molecule has 1 aliphatic rings. The first kappa shape index (κ1) is 22.5. The van der Waals surface area contributed by atoms with E-state index in [0.717, 1.165) is 25.9 Å². The Balaban J connectivity index is 2.19. The number of hydrogen-bond donors (Lipinski definition) is 2. The molecule has 0 aromatic rings. The summed E-state index contributed by atoms with van der Waals surface area (Å²) in [5.74, 6) is -0.193. The topological polar surface area (TPSA) is 58.2 Å². The first-order valence-corrected chi connectivity index (χ1v) is 10.7. The monoisotopic (exact) mass is 362 g/mol. The van der Waals surface area contributed by atoms with Crippen molar-refractivity contribution in [3.05, 3.63) is 23.5 Å². The zero-order chi connectivity index (χ0) is 19.0. The van der Waals surface area contributed by atoms with Crippen molar-refractivity contribution in [3.63, 3.8) is 0 Å². The molecule has 0 fully saturated rings. The van der Waals surface area contributed by atoms with E-state index in [1.165, 1.54) is 76.4 Å². The van der Waals surface area contributed by atoms with E-state index in [2.05, 4.69) is 24.5 Å². The Hall–Kier alpha value is -1.58. The standard InChI is InChI=1S/C22H38N2O2/c1-3-5-7-9-11-13-15-23-19-17-22(26)20(18-21(19)25)24-16-14-12-10-8-6-4-2/h17-18,23-24H,3-16H2,1-2H3. The number of ketones is 2. The molecule has 0 heterocycles. The lowest BCUT2D eigenvalue weighted by Crippen LogP contribution is -2.30. The maximum absolute atomic E-state index is 12.2. The molecule has 0 saturated heterocycles. The summed E-state index contributed by atoms with van der Waals surface area (Å²) in [6.07, 6.45) is 17.5. The molecule has 26 heavy (non-hydrogen) atoms. The summed E-state index contributed by atoms with van der Waals surface area (Å²) in [5, 5.41) is 6.26. The lowest BCUT2D eigenvalue weighted by Gasteiger charge is -2.15. The van der Waals surface area contributed by atoms with Gasteiger partial charge in [0.2, 0.25) is 11.6 Å². The number of carbonyl (C=O) groups excluding carboxylic acids is 2. The third kappa shape index (κ3) is 9.79. The number of allylic oxidation sites excluding steroid dienone is 2. The maximum atomic E-state index is 12.2. The third-order valence-corrected chi connectivity index (χ3v) is 4.77. The van der Waals surface area contributed by atoms with Gasteiger partial charge in [-0.1, -0.05) is 78.1 Å². The number of hydrogen-bond acceptors (Lipinski definition) is 4. The molecule has 148 valence electrons. The average Bonchev–Trinajstić information content (AvgIpc) is 2.63. The van der Waals surface area contributed by atoms with Crippen LogP contribution in [0.4, 0.5) is 0 Å². The summed E-state index contributed by atoms with van der Waals surface area (Å²) < 4.78 is 0. The van der Waals surface area contributed by atoms with Crippen LogP contribution in [0.15, 0.2) is 23.5 Å². The van der Waals surface area contributed by atoms with Gasteiger partial charge in [0.1, 0.15) is 0 Å². The predicted octanol–water partition coefficient (Wildman–Crippen LogP) is 4.81. The predicted molar refractivity (Wildman–Crippen MR) is 109 cm³/mol. The van der Waals surface area contributed by atoms with Gasteiger partial charge in [0.25, 0.3) is 0 Å². The fourth-order valence-corrected chi connectivity index (χ4v) is 3.09. The Morgan fingerprint density at radius 2 is 0.923 bits per heavy atom. The zero-order valence-electron chi connectivity index (χ0n) is 16.9. The quantitative estimate of drug-likeness (QED) is 0.306. The van der Waals surface area contributed by atoms with Crippen LogP contribution in [0.1, 0.15) is 90.9 Å². The lowest BCUT2D eigenvalue weighted by molar-refractivity contribution is -0.115. The van der Waals surface area contributed by atoms with Crippen molar-refractivity contribution in [3.8, 4) is 0 Å². The molecule has 4 heteroatoms. The Kier molecular flexibility index (Phi) is 12.6. The molecule has 0 unspecified atom stereocenters. The van der Waals surface area contributed by atoms with Gasteiger partial charge in [-0.3, -0.25) is 9.59 Å². The first-order chi connectivity index (χ1) is 12.7. The Bertz CT molecular complexity index is 437. The van der Waals surface area contributed by atoms with Gasteiger partial charge in [-0.15, -0.1) is 0 Å². The highest BCUT2D eigenvalue weighted by Crippen LogP contribution is 2.10. The van der Waals surface area contributed by atoms with E-state index in [9.17, 15) is 9.59 Å². The molecule has 0 bridgehead atoms. The lowest BCUT2D eigenvalue weighted by atomic mass is 10.1. The molecule has 2 N–H and O–H groups in total. The SMILES string of the molecule is CCCCCCCCNC1=CC(=O)C(NCCCCCCCC)=CC1=O. The summed E-state index contributed by atoms with van der Waals surface area (Å²) in [7, 11) is 0. The summed E-state index contributed by atoms with van der Waals surface area (Å²) >= 11 is 0. The second-order valence-electron chi connectivity index (χ2n) is 7.23. The molecule has 0 aromatic heterocycles. The van der Waals surface area contributed by atoms with Crippen molar-refractivity contribution in [2.75, 3.05) is 13.1 Å². The van der Waals surface area contributed by atoms with E-state index in [1.54, 1.807) is 0 Å². The first-order valence-electron chi connectivity index (χ1n) is 10.7. The van der Waals surface area contributed by atoms with Crippen molar-refractivity contribution >= 4 is 11.6 Å². The second kappa shape index (κ2) is 14.6. The van der Waals surface area contributed by atoms with Crippen LogP contribution in [-0.4, -0.2) is 24.7 Å². The van der Waals surface area contributed by atoms with Gasteiger partial charge >= 0.3 is 0 Å². The summed E-state index contributed by atoms with van der Waals surface area (Å²) in [6.45, 7) is 5.94. The highest BCUT2D eigenvalue weighted by molar-refractivity contribution is 6.19. The smallest absolute Gasteiger partial charge is 0.203 e. The van der Waals surface area contributed by atoms with Gasteiger partial charge in [0.15, 0.2) is 0 Å². The molecule has 0 spiro atoms. The largest absolute Gasteiger partial charge is 0.382 e. The number of carbonyl (C=O) groups is 2. The van der Waals surface area contributed by atoms with E-state index < -0.39 is 0 Å². The molecule has 0 saturated carbocycles. The molecule has 0 atom stereocenters. The average molecular weight is 363 g/mol. The van der Waals surface area contributed by atoms with Crippen LogP contribution < -0.4 is 10.6 Å². The fourth-order valence-electron chi connectivity index (χ4n) is 3.09.